The number of carbonyl (C=O) groups excluding carboxylic acids is 1. The van der Waals surface area contributed by atoms with Crippen LogP contribution in [0.2, 0.25) is 5.02 Å². The summed E-state index contributed by atoms with van der Waals surface area (Å²) in [6.07, 6.45) is 5.51. The average Bonchev–Trinajstić information content (AvgIpc) is 3.28. The molecule has 10 heteroatoms. The van der Waals surface area contributed by atoms with Crippen LogP contribution >= 0.6 is 11.6 Å². The van der Waals surface area contributed by atoms with Gasteiger partial charge in [0.05, 0.1) is 40.5 Å². The highest BCUT2D eigenvalue weighted by molar-refractivity contribution is 6.30. The summed E-state index contributed by atoms with van der Waals surface area (Å²) in [7, 11) is 0. The van der Waals surface area contributed by atoms with Gasteiger partial charge >= 0.3 is 0 Å². The fourth-order valence-corrected chi connectivity index (χ4v) is 3.08. The first-order valence-electron chi connectivity index (χ1n) is 9.64. The van der Waals surface area contributed by atoms with Crippen molar-refractivity contribution >= 4 is 17.5 Å². The molecule has 156 valence electrons. The number of pyridine rings is 1. The molecule has 4 aromatic rings. The molecule has 1 N–H and O–H groups in total. The Hall–Kier alpha value is -3.72. The van der Waals surface area contributed by atoms with Gasteiger partial charge in [-0.3, -0.25) is 19.7 Å². The predicted molar refractivity (Wildman–Crippen MR) is 115 cm³/mol. The number of tetrazole rings is 1. The Morgan fingerprint density at radius 3 is 2.68 bits per heavy atom. The van der Waals surface area contributed by atoms with Gasteiger partial charge in [-0.1, -0.05) is 18.5 Å². The van der Waals surface area contributed by atoms with Crippen molar-refractivity contribution in [1.82, 2.24) is 40.5 Å². The van der Waals surface area contributed by atoms with E-state index in [0.717, 1.165) is 11.3 Å². The van der Waals surface area contributed by atoms with Crippen LogP contribution in [0.25, 0.3) is 16.9 Å². The molecule has 0 radical (unpaired) electrons. The molecule has 0 unspecified atom stereocenters. The largest absolute Gasteiger partial charge is 0.346 e. The van der Waals surface area contributed by atoms with Gasteiger partial charge < -0.3 is 5.32 Å². The zero-order valence-corrected chi connectivity index (χ0v) is 17.7. The highest BCUT2D eigenvalue weighted by Crippen LogP contribution is 2.24. The highest BCUT2D eigenvalue weighted by Gasteiger charge is 2.14. The van der Waals surface area contributed by atoms with E-state index >= 15 is 0 Å². The lowest BCUT2D eigenvalue weighted by Crippen LogP contribution is -2.23. The topological polar surface area (TPSA) is 111 Å². The van der Waals surface area contributed by atoms with Crippen molar-refractivity contribution in [2.24, 2.45) is 0 Å². The van der Waals surface area contributed by atoms with Crippen LogP contribution in [-0.2, 0) is 13.0 Å². The van der Waals surface area contributed by atoms with Crippen LogP contribution in [0.3, 0.4) is 0 Å². The maximum atomic E-state index is 12.9. The van der Waals surface area contributed by atoms with Gasteiger partial charge in [0.2, 0.25) is 0 Å². The average molecular weight is 435 g/mol. The summed E-state index contributed by atoms with van der Waals surface area (Å²) in [4.78, 5) is 25.8. The monoisotopic (exact) mass is 434 g/mol. The predicted octanol–water partition coefficient (Wildman–Crippen LogP) is 2.97. The van der Waals surface area contributed by atoms with Gasteiger partial charge in [-0.05, 0) is 47.7 Å². The smallest absolute Gasteiger partial charge is 0.251 e. The van der Waals surface area contributed by atoms with E-state index in [4.69, 9.17) is 11.6 Å². The molecule has 0 bridgehead atoms. The van der Waals surface area contributed by atoms with E-state index in [1.165, 1.54) is 0 Å². The summed E-state index contributed by atoms with van der Waals surface area (Å²) in [5.74, 6) is 0.424. The second kappa shape index (κ2) is 8.97. The number of rotatable bonds is 6. The van der Waals surface area contributed by atoms with Crippen LogP contribution < -0.4 is 5.32 Å². The maximum absolute atomic E-state index is 12.9. The van der Waals surface area contributed by atoms with Crippen molar-refractivity contribution in [2.75, 3.05) is 0 Å². The lowest BCUT2D eigenvalue weighted by Gasteiger charge is -2.11. The van der Waals surface area contributed by atoms with Gasteiger partial charge in [-0.15, -0.1) is 5.10 Å². The molecule has 4 rings (SSSR count). The molecule has 31 heavy (non-hydrogen) atoms. The Morgan fingerprint density at radius 1 is 1.10 bits per heavy atom. The van der Waals surface area contributed by atoms with Gasteiger partial charge in [-0.25, -0.2) is 0 Å². The summed E-state index contributed by atoms with van der Waals surface area (Å²) >= 11 is 5.97. The first-order chi connectivity index (χ1) is 15.0. The minimum absolute atomic E-state index is 0.259. The molecular formula is C21H19ClN8O. The Bertz CT molecular complexity index is 1210. The molecule has 1 aromatic carbocycles. The fourth-order valence-electron chi connectivity index (χ4n) is 2.97. The number of nitrogens with one attached hydrogen (secondary N) is 1. The second-order valence-corrected chi connectivity index (χ2v) is 7.26. The summed E-state index contributed by atoms with van der Waals surface area (Å²) < 4.78 is 1.61. The number of aryl methyl sites for hydroxylation is 2. The van der Waals surface area contributed by atoms with E-state index < -0.39 is 0 Å². The van der Waals surface area contributed by atoms with Crippen LogP contribution in [0.4, 0.5) is 0 Å². The highest BCUT2D eigenvalue weighted by atomic mass is 35.5. The number of aromatic nitrogens is 7. The Kier molecular flexibility index (Phi) is 5.94. The van der Waals surface area contributed by atoms with Crippen molar-refractivity contribution in [3.63, 3.8) is 0 Å². The number of hydrogen-bond acceptors (Lipinski definition) is 7. The summed E-state index contributed by atoms with van der Waals surface area (Å²) in [5.41, 5.74) is 4.01. The van der Waals surface area contributed by atoms with E-state index in [9.17, 15) is 4.79 Å². The van der Waals surface area contributed by atoms with E-state index in [1.807, 2.05) is 19.9 Å². The Labute approximate surface area is 183 Å². The van der Waals surface area contributed by atoms with Crippen molar-refractivity contribution < 1.29 is 4.79 Å². The number of halogens is 1. The number of amides is 1. The minimum Gasteiger partial charge on any atom is -0.346 e. The standard InChI is InChI=1S/C21H19ClN8O/c1-3-20-27-28-29-30(20)18-7-14(19-5-4-16(22)10-25-19)6-15(8-18)21(31)26-12-17-11-23-13(2)9-24-17/h4-11H,3,12H2,1-2H3,(H,26,31). The molecule has 0 saturated heterocycles. The van der Waals surface area contributed by atoms with E-state index in [0.29, 0.717) is 39.9 Å². The van der Waals surface area contributed by atoms with Gasteiger partial charge in [0.1, 0.15) is 0 Å². The van der Waals surface area contributed by atoms with Crippen LogP contribution in [0.15, 0.2) is 48.9 Å². The normalized spacial score (nSPS) is 10.8. The fraction of sp³-hybridized carbons (Fsp3) is 0.190. The molecule has 0 saturated carbocycles. The molecule has 3 heterocycles. The third kappa shape index (κ3) is 4.72. The molecule has 9 nitrogen and oxygen atoms in total. The van der Waals surface area contributed by atoms with E-state index in [1.54, 1.807) is 47.5 Å². The SMILES string of the molecule is CCc1nnnn1-c1cc(C(=O)NCc2cnc(C)cn2)cc(-c2ccc(Cl)cn2)c1. The Balaban J connectivity index is 1.69. The molecule has 0 spiro atoms. The van der Waals surface area contributed by atoms with Crippen LogP contribution in [0.1, 0.15) is 34.5 Å². The Morgan fingerprint density at radius 2 is 1.97 bits per heavy atom. The minimum atomic E-state index is -0.259. The number of nitrogens with zero attached hydrogens (tertiary/aromatic N) is 7. The van der Waals surface area contributed by atoms with Crippen molar-refractivity contribution in [3.8, 4) is 16.9 Å². The van der Waals surface area contributed by atoms with E-state index in [-0.39, 0.29) is 12.5 Å². The molecular weight excluding hydrogens is 416 g/mol. The van der Waals surface area contributed by atoms with Crippen LogP contribution in [0.5, 0.6) is 0 Å². The maximum Gasteiger partial charge on any atom is 0.251 e. The summed E-state index contributed by atoms with van der Waals surface area (Å²) in [6, 6.07) is 8.94. The first kappa shape index (κ1) is 20.5. The van der Waals surface area contributed by atoms with Gasteiger partial charge in [-0.2, -0.15) is 4.68 Å². The third-order valence-electron chi connectivity index (χ3n) is 4.56. The zero-order chi connectivity index (χ0) is 21.8. The first-order valence-corrected chi connectivity index (χ1v) is 10.0. The molecule has 0 atom stereocenters. The second-order valence-electron chi connectivity index (χ2n) is 6.82. The lowest BCUT2D eigenvalue weighted by atomic mass is 10.1. The number of carbonyl (C=O) groups is 1. The number of hydrogen-bond donors (Lipinski definition) is 1. The molecule has 3 aromatic heterocycles. The number of benzene rings is 1. The molecule has 0 fully saturated rings. The van der Waals surface area contributed by atoms with Crippen LogP contribution in [0, 0.1) is 6.92 Å². The van der Waals surface area contributed by atoms with E-state index in [2.05, 4.69) is 35.8 Å². The molecule has 0 aliphatic rings. The van der Waals surface area contributed by atoms with Gasteiger partial charge in [0.15, 0.2) is 5.82 Å². The molecule has 0 aliphatic carbocycles. The summed E-state index contributed by atoms with van der Waals surface area (Å²) in [6.45, 7) is 4.08. The lowest BCUT2D eigenvalue weighted by molar-refractivity contribution is 0.0950. The molecule has 0 aliphatic heterocycles. The summed E-state index contributed by atoms with van der Waals surface area (Å²) in [5, 5.41) is 15.3. The van der Waals surface area contributed by atoms with Gasteiger partial charge in [0.25, 0.3) is 5.91 Å². The van der Waals surface area contributed by atoms with Crippen molar-refractivity contribution in [2.45, 2.75) is 26.8 Å². The van der Waals surface area contributed by atoms with Gasteiger partial charge in [0, 0.05) is 29.9 Å². The van der Waals surface area contributed by atoms with Crippen molar-refractivity contribution in [1.29, 1.82) is 0 Å². The zero-order valence-electron chi connectivity index (χ0n) is 16.9. The van der Waals surface area contributed by atoms with Crippen molar-refractivity contribution in [3.05, 3.63) is 76.7 Å². The quantitative estimate of drug-likeness (QED) is 0.496. The third-order valence-corrected chi connectivity index (χ3v) is 4.79. The van der Waals surface area contributed by atoms with Crippen LogP contribution in [-0.4, -0.2) is 41.1 Å². The molecule has 1 amide bonds.